The summed E-state index contributed by atoms with van der Waals surface area (Å²) in [6.45, 7) is 3.13. The molecule has 1 saturated carbocycles. The van der Waals surface area contributed by atoms with Crippen molar-refractivity contribution in [3.8, 4) is 0 Å². The quantitative estimate of drug-likeness (QED) is 0.561. The van der Waals surface area contributed by atoms with Gasteiger partial charge in [-0.15, -0.1) is 0 Å². The van der Waals surface area contributed by atoms with Crippen LogP contribution in [0.15, 0.2) is 30.3 Å². The molecule has 1 saturated heterocycles. The lowest BCUT2D eigenvalue weighted by Gasteiger charge is -2.33. The maximum Gasteiger partial charge on any atom is 0.327 e. The molecule has 0 aromatic heterocycles. The smallest absolute Gasteiger partial charge is 0.327 e. The third-order valence-electron chi connectivity index (χ3n) is 3.57. The molecule has 1 aromatic rings. The van der Waals surface area contributed by atoms with Gasteiger partial charge in [0.2, 0.25) is 0 Å². The number of carbonyl (C=O) groups is 2. The summed E-state index contributed by atoms with van der Waals surface area (Å²) < 4.78 is 10.4. The highest BCUT2D eigenvalue weighted by Crippen LogP contribution is 2.62. The van der Waals surface area contributed by atoms with Gasteiger partial charge in [0, 0.05) is 19.8 Å². The molecule has 1 aromatic carbocycles. The lowest BCUT2D eigenvalue weighted by atomic mass is 9.98. The monoisotopic (exact) mass is 246 g/mol. The largest absolute Gasteiger partial charge is 0.422 e. The molecule has 2 fully saturated rings. The van der Waals surface area contributed by atoms with Gasteiger partial charge in [-0.05, 0) is 12.0 Å². The van der Waals surface area contributed by atoms with Crippen molar-refractivity contribution >= 4 is 11.9 Å². The Morgan fingerprint density at radius 3 is 2.17 bits per heavy atom. The van der Waals surface area contributed by atoms with Crippen molar-refractivity contribution in [2.24, 2.45) is 5.41 Å². The molecular formula is C14H14O4. The molecule has 0 N–H and O–H groups in total. The number of esters is 2. The molecule has 1 atom stereocenters. The average molecular weight is 246 g/mol. The van der Waals surface area contributed by atoms with Crippen LogP contribution in [-0.2, 0) is 19.1 Å². The Balaban J connectivity index is 1.91. The van der Waals surface area contributed by atoms with Crippen LogP contribution in [0.25, 0.3) is 0 Å². The summed E-state index contributed by atoms with van der Waals surface area (Å²) in [6.07, 6.45) is 0.477. The van der Waals surface area contributed by atoms with Crippen LogP contribution in [0.5, 0.6) is 0 Å². The van der Waals surface area contributed by atoms with Crippen molar-refractivity contribution in [3.63, 3.8) is 0 Å². The van der Waals surface area contributed by atoms with Crippen LogP contribution in [0.1, 0.15) is 31.7 Å². The molecule has 94 valence electrons. The molecule has 1 heterocycles. The Kier molecular flexibility index (Phi) is 2.09. The van der Waals surface area contributed by atoms with E-state index in [1.54, 1.807) is 13.8 Å². The Labute approximate surface area is 105 Å². The summed E-state index contributed by atoms with van der Waals surface area (Å²) >= 11 is 0. The van der Waals surface area contributed by atoms with Gasteiger partial charge < -0.3 is 9.47 Å². The fourth-order valence-electron chi connectivity index (χ4n) is 2.53. The van der Waals surface area contributed by atoms with Crippen LogP contribution in [0, 0.1) is 5.41 Å². The first-order valence-electron chi connectivity index (χ1n) is 5.97. The van der Waals surface area contributed by atoms with Crippen LogP contribution >= 0.6 is 0 Å². The predicted molar refractivity (Wildman–Crippen MR) is 62.5 cm³/mol. The topological polar surface area (TPSA) is 52.6 Å². The average Bonchev–Trinajstić information content (AvgIpc) is 3.03. The summed E-state index contributed by atoms with van der Waals surface area (Å²) in [6, 6.07) is 9.52. The number of carbonyl (C=O) groups excluding carboxylic acids is 2. The SMILES string of the molecule is CC1(C)OC(=O)C2(C[C@H]2c2ccccc2)C(=O)O1. The van der Waals surface area contributed by atoms with Gasteiger partial charge in [-0.3, -0.25) is 9.59 Å². The second kappa shape index (κ2) is 3.34. The number of rotatable bonds is 1. The van der Waals surface area contributed by atoms with Gasteiger partial charge in [-0.25, -0.2) is 0 Å². The van der Waals surface area contributed by atoms with Crippen molar-refractivity contribution in [2.75, 3.05) is 0 Å². The number of hydrogen-bond donors (Lipinski definition) is 0. The maximum absolute atomic E-state index is 12.1. The van der Waals surface area contributed by atoms with Gasteiger partial charge in [0.25, 0.3) is 5.79 Å². The van der Waals surface area contributed by atoms with Crippen LogP contribution in [0.3, 0.4) is 0 Å². The van der Waals surface area contributed by atoms with E-state index in [0.29, 0.717) is 6.42 Å². The molecule has 3 rings (SSSR count). The Morgan fingerprint density at radius 1 is 1.06 bits per heavy atom. The molecule has 4 nitrogen and oxygen atoms in total. The number of benzene rings is 1. The molecular weight excluding hydrogens is 232 g/mol. The normalized spacial score (nSPS) is 27.6. The van der Waals surface area contributed by atoms with E-state index in [4.69, 9.17) is 9.47 Å². The van der Waals surface area contributed by atoms with Gasteiger partial charge in [-0.2, -0.15) is 0 Å². The second-order valence-electron chi connectivity index (χ2n) is 5.32. The third kappa shape index (κ3) is 1.45. The van der Waals surface area contributed by atoms with Crippen LogP contribution in [0.2, 0.25) is 0 Å². The minimum Gasteiger partial charge on any atom is -0.422 e. The zero-order chi connectivity index (χ0) is 13.0. The molecule has 0 unspecified atom stereocenters. The molecule has 0 bridgehead atoms. The lowest BCUT2D eigenvalue weighted by Crippen LogP contribution is -2.48. The standard InChI is InChI=1S/C14H14O4/c1-13(2)17-11(15)14(12(16)18-13)8-10(14)9-6-4-3-5-7-9/h3-7,10H,8H2,1-2H3/t10-/m0/s1. The minimum atomic E-state index is -1.15. The summed E-state index contributed by atoms with van der Waals surface area (Å²) in [5.41, 5.74) is -0.122. The van der Waals surface area contributed by atoms with Gasteiger partial charge in [0.05, 0.1) is 0 Å². The Hall–Kier alpha value is -1.84. The van der Waals surface area contributed by atoms with E-state index in [2.05, 4.69) is 0 Å². The summed E-state index contributed by atoms with van der Waals surface area (Å²) in [5, 5.41) is 0. The second-order valence-corrected chi connectivity index (χ2v) is 5.32. The Bertz CT molecular complexity index is 498. The van der Waals surface area contributed by atoms with E-state index < -0.39 is 23.1 Å². The molecule has 18 heavy (non-hydrogen) atoms. The first-order valence-corrected chi connectivity index (χ1v) is 5.97. The first-order chi connectivity index (χ1) is 8.46. The van der Waals surface area contributed by atoms with E-state index in [1.165, 1.54) is 0 Å². The van der Waals surface area contributed by atoms with Crippen LogP contribution < -0.4 is 0 Å². The predicted octanol–water partition coefficient (Wildman–Crippen LogP) is 2.00. The van der Waals surface area contributed by atoms with Gasteiger partial charge in [0.15, 0.2) is 5.41 Å². The van der Waals surface area contributed by atoms with E-state index in [9.17, 15) is 9.59 Å². The number of cyclic esters (lactones) is 2. The molecule has 0 amide bonds. The van der Waals surface area contributed by atoms with Crippen molar-refractivity contribution in [2.45, 2.75) is 32.0 Å². The zero-order valence-corrected chi connectivity index (χ0v) is 10.3. The lowest BCUT2D eigenvalue weighted by molar-refractivity contribution is -0.243. The summed E-state index contributed by atoms with van der Waals surface area (Å²) in [5.74, 6) is -2.19. The fourth-order valence-corrected chi connectivity index (χ4v) is 2.53. The zero-order valence-electron chi connectivity index (χ0n) is 10.3. The maximum atomic E-state index is 12.1. The highest BCUT2D eigenvalue weighted by molar-refractivity contribution is 6.06. The van der Waals surface area contributed by atoms with Gasteiger partial charge >= 0.3 is 11.9 Å². The minimum absolute atomic E-state index is 0.116. The molecule has 1 aliphatic carbocycles. The van der Waals surface area contributed by atoms with Gasteiger partial charge in [-0.1, -0.05) is 30.3 Å². The molecule has 0 radical (unpaired) electrons. The van der Waals surface area contributed by atoms with Crippen molar-refractivity contribution in [1.82, 2.24) is 0 Å². The highest BCUT2D eigenvalue weighted by atomic mass is 16.7. The van der Waals surface area contributed by atoms with Crippen molar-refractivity contribution in [1.29, 1.82) is 0 Å². The third-order valence-corrected chi connectivity index (χ3v) is 3.57. The van der Waals surface area contributed by atoms with E-state index >= 15 is 0 Å². The summed E-state index contributed by atoms with van der Waals surface area (Å²) in [7, 11) is 0. The number of ether oxygens (including phenoxy) is 2. The highest BCUT2D eigenvalue weighted by Gasteiger charge is 2.72. The molecule has 2 aliphatic rings. The van der Waals surface area contributed by atoms with Crippen LogP contribution in [0.4, 0.5) is 0 Å². The van der Waals surface area contributed by atoms with Gasteiger partial charge in [0.1, 0.15) is 0 Å². The van der Waals surface area contributed by atoms with E-state index in [0.717, 1.165) is 5.56 Å². The first kappa shape index (κ1) is 11.3. The molecule has 1 spiro atoms. The van der Waals surface area contributed by atoms with Crippen LogP contribution in [-0.4, -0.2) is 17.7 Å². The van der Waals surface area contributed by atoms with E-state index in [-0.39, 0.29) is 5.92 Å². The molecule has 4 heteroatoms. The fraction of sp³-hybridized carbons (Fsp3) is 0.429. The number of hydrogen-bond acceptors (Lipinski definition) is 4. The summed E-state index contributed by atoms with van der Waals surface area (Å²) in [4.78, 5) is 24.1. The van der Waals surface area contributed by atoms with E-state index in [1.807, 2.05) is 30.3 Å². The Morgan fingerprint density at radius 2 is 1.61 bits per heavy atom. The van der Waals surface area contributed by atoms with Crippen molar-refractivity contribution < 1.29 is 19.1 Å². The molecule has 1 aliphatic heterocycles. The van der Waals surface area contributed by atoms with Crippen molar-refractivity contribution in [3.05, 3.63) is 35.9 Å².